The van der Waals surface area contributed by atoms with E-state index in [1.54, 1.807) is 12.0 Å². The number of piperazine rings is 1. The molecule has 2 aromatic carbocycles. The Morgan fingerprint density at radius 1 is 1.06 bits per heavy atom. The molecular formula is C23H25BrN4O3. The summed E-state index contributed by atoms with van der Waals surface area (Å²) in [6, 6.07) is 13.5. The second-order valence-corrected chi connectivity index (χ2v) is 8.43. The Kier molecular flexibility index (Phi) is 6.46. The highest BCUT2D eigenvalue weighted by molar-refractivity contribution is 9.10. The number of halogens is 1. The smallest absolute Gasteiger partial charge is 0.317 e. The first-order valence-corrected chi connectivity index (χ1v) is 11.0. The van der Waals surface area contributed by atoms with Gasteiger partial charge in [-0.25, -0.2) is 4.79 Å². The number of methoxy groups -OCH3 is 1. The molecule has 1 aromatic heterocycles. The SMILES string of the molecule is COc1ccc(Br)cc1CNC(=O)N1CCN(C(=O)Cc2c[nH]c3ccccc23)CC1. The van der Waals surface area contributed by atoms with Crippen LogP contribution in [0.3, 0.4) is 0 Å². The zero-order chi connectivity index (χ0) is 21.8. The molecule has 3 amide bonds. The minimum atomic E-state index is -0.134. The number of fused-ring (bicyclic) bond motifs is 1. The molecule has 3 aromatic rings. The molecule has 8 heteroatoms. The number of carbonyl (C=O) groups is 2. The monoisotopic (exact) mass is 484 g/mol. The van der Waals surface area contributed by atoms with Crippen molar-refractivity contribution in [3.63, 3.8) is 0 Å². The molecule has 0 spiro atoms. The average Bonchev–Trinajstić information content (AvgIpc) is 3.20. The van der Waals surface area contributed by atoms with E-state index in [2.05, 4.69) is 26.2 Å². The van der Waals surface area contributed by atoms with E-state index >= 15 is 0 Å². The van der Waals surface area contributed by atoms with Crippen molar-refractivity contribution in [2.75, 3.05) is 33.3 Å². The Labute approximate surface area is 189 Å². The lowest BCUT2D eigenvalue weighted by atomic mass is 10.1. The topological polar surface area (TPSA) is 77.7 Å². The van der Waals surface area contributed by atoms with Crippen molar-refractivity contribution in [2.24, 2.45) is 0 Å². The zero-order valence-corrected chi connectivity index (χ0v) is 18.9. The molecule has 2 N–H and O–H groups in total. The van der Waals surface area contributed by atoms with Gasteiger partial charge in [0.05, 0.1) is 13.5 Å². The summed E-state index contributed by atoms with van der Waals surface area (Å²) in [5, 5.41) is 4.03. The van der Waals surface area contributed by atoms with E-state index in [-0.39, 0.29) is 11.9 Å². The molecule has 31 heavy (non-hydrogen) atoms. The molecule has 0 aliphatic carbocycles. The number of para-hydroxylation sites is 1. The summed E-state index contributed by atoms with van der Waals surface area (Å²) in [6.45, 7) is 2.48. The summed E-state index contributed by atoms with van der Waals surface area (Å²) in [4.78, 5) is 32.2. The molecule has 7 nitrogen and oxygen atoms in total. The Hall–Kier alpha value is -3.00. The largest absolute Gasteiger partial charge is 0.496 e. The standard InChI is InChI=1S/C23H25BrN4O3/c1-31-21-7-6-18(24)12-17(21)15-26-23(30)28-10-8-27(9-11-28)22(29)13-16-14-25-20-5-3-2-4-19(16)20/h2-7,12,14,25H,8-11,13,15H2,1H3,(H,26,30). The van der Waals surface area contributed by atoms with Crippen LogP contribution in [0.1, 0.15) is 11.1 Å². The predicted octanol–water partition coefficient (Wildman–Crippen LogP) is 3.54. The van der Waals surface area contributed by atoms with Crippen LogP contribution in [0.2, 0.25) is 0 Å². The first-order valence-electron chi connectivity index (χ1n) is 10.2. The highest BCUT2D eigenvalue weighted by Crippen LogP contribution is 2.23. The van der Waals surface area contributed by atoms with Gasteiger partial charge in [-0.3, -0.25) is 4.79 Å². The van der Waals surface area contributed by atoms with Crippen LogP contribution in [0.25, 0.3) is 10.9 Å². The summed E-state index contributed by atoms with van der Waals surface area (Å²) in [5.74, 6) is 0.819. The normalized spacial score (nSPS) is 14.0. The number of ether oxygens (including phenoxy) is 1. The highest BCUT2D eigenvalue weighted by Gasteiger charge is 2.24. The van der Waals surface area contributed by atoms with E-state index < -0.39 is 0 Å². The van der Waals surface area contributed by atoms with E-state index in [0.29, 0.717) is 39.1 Å². The Morgan fingerprint density at radius 3 is 2.58 bits per heavy atom. The van der Waals surface area contributed by atoms with Crippen molar-refractivity contribution < 1.29 is 14.3 Å². The van der Waals surface area contributed by atoms with Crippen LogP contribution in [0.5, 0.6) is 5.75 Å². The lowest BCUT2D eigenvalue weighted by Gasteiger charge is -2.34. The van der Waals surface area contributed by atoms with Crippen molar-refractivity contribution in [3.8, 4) is 5.75 Å². The number of nitrogens with zero attached hydrogens (tertiary/aromatic N) is 2. The number of rotatable bonds is 5. The molecule has 2 heterocycles. The first-order chi connectivity index (χ1) is 15.0. The van der Waals surface area contributed by atoms with Gasteiger partial charge in [0.25, 0.3) is 0 Å². The maximum Gasteiger partial charge on any atom is 0.317 e. The number of urea groups is 1. The van der Waals surface area contributed by atoms with Gasteiger partial charge in [0.2, 0.25) is 5.91 Å². The van der Waals surface area contributed by atoms with Crippen LogP contribution >= 0.6 is 15.9 Å². The van der Waals surface area contributed by atoms with Crippen LogP contribution in [0.15, 0.2) is 53.1 Å². The van der Waals surface area contributed by atoms with Gasteiger partial charge in [-0.2, -0.15) is 0 Å². The van der Waals surface area contributed by atoms with Crippen molar-refractivity contribution in [3.05, 3.63) is 64.3 Å². The molecule has 1 saturated heterocycles. The quantitative estimate of drug-likeness (QED) is 0.581. The number of aromatic amines is 1. The van der Waals surface area contributed by atoms with Gasteiger partial charge in [0.15, 0.2) is 0 Å². The first kappa shape index (κ1) is 21.2. The summed E-state index contributed by atoms with van der Waals surface area (Å²) < 4.78 is 6.29. The Bertz CT molecular complexity index is 1090. The maximum atomic E-state index is 12.8. The van der Waals surface area contributed by atoms with Crippen LogP contribution in [0.4, 0.5) is 4.79 Å². The summed E-state index contributed by atoms with van der Waals surface area (Å²) in [5.41, 5.74) is 2.94. The fraction of sp³-hybridized carbons (Fsp3) is 0.304. The maximum absolute atomic E-state index is 12.8. The van der Waals surface area contributed by atoms with Crippen molar-refractivity contribution >= 4 is 38.8 Å². The van der Waals surface area contributed by atoms with Crippen LogP contribution in [-0.4, -0.2) is 60.0 Å². The number of nitrogens with one attached hydrogen (secondary N) is 2. The molecule has 4 rings (SSSR count). The van der Waals surface area contributed by atoms with Crippen LogP contribution in [0, 0.1) is 0 Å². The average molecular weight is 485 g/mol. The van der Waals surface area contributed by atoms with Gasteiger partial charge < -0.3 is 24.8 Å². The minimum Gasteiger partial charge on any atom is -0.496 e. The van der Waals surface area contributed by atoms with Crippen molar-refractivity contribution in [1.29, 1.82) is 0 Å². The highest BCUT2D eigenvalue weighted by atomic mass is 79.9. The number of hydrogen-bond donors (Lipinski definition) is 2. The third-order valence-corrected chi connectivity index (χ3v) is 6.10. The lowest BCUT2D eigenvalue weighted by Crippen LogP contribution is -2.53. The van der Waals surface area contributed by atoms with Crippen molar-refractivity contribution in [2.45, 2.75) is 13.0 Å². The molecule has 1 aliphatic rings. The summed E-state index contributed by atoms with van der Waals surface area (Å²) >= 11 is 3.45. The molecule has 1 aliphatic heterocycles. The lowest BCUT2D eigenvalue weighted by molar-refractivity contribution is -0.131. The van der Waals surface area contributed by atoms with Gasteiger partial charge in [0.1, 0.15) is 5.75 Å². The van der Waals surface area contributed by atoms with E-state index in [0.717, 1.165) is 32.3 Å². The van der Waals surface area contributed by atoms with Crippen molar-refractivity contribution in [1.82, 2.24) is 20.1 Å². The number of aromatic nitrogens is 1. The molecular weight excluding hydrogens is 460 g/mol. The van der Waals surface area contributed by atoms with Crippen LogP contribution < -0.4 is 10.1 Å². The summed E-state index contributed by atoms with van der Waals surface area (Å²) in [7, 11) is 1.61. The number of amides is 3. The molecule has 0 bridgehead atoms. The minimum absolute atomic E-state index is 0.0867. The fourth-order valence-corrected chi connectivity index (χ4v) is 4.29. The van der Waals surface area contributed by atoms with Gasteiger partial charge in [-0.05, 0) is 29.8 Å². The molecule has 0 unspecified atom stereocenters. The van der Waals surface area contributed by atoms with Gasteiger partial charge in [0, 0.05) is 59.9 Å². The van der Waals surface area contributed by atoms with E-state index in [1.807, 2.05) is 53.6 Å². The molecule has 0 atom stereocenters. The number of H-pyrrole nitrogens is 1. The Morgan fingerprint density at radius 2 is 1.81 bits per heavy atom. The second-order valence-electron chi connectivity index (χ2n) is 7.52. The van der Waals surface area contributed by atoms with Gasteiger partial charge in [-0.1, -0.05) is 34.1 Å². The van der Waals surface area contributed by atoms with E-state index in [4.69, 9.17) is 4.74 Å². The molecule has 0 saturated carbocycles. The zero-order valence-electron chi connectivity index (χ0n) is 17.4. The van der Waals surface area contributed by atoms with Gasteiger partial charge >= 0.3 is 6.03 Å². The third-order valence-electron chi connectivity index (χ3n) is 5.61. The van der Waals surface area contributed by atoms with E-state index in [1.165, 1.54) is 0 Å². The van der Waals surface area contributed by atoms with Crippen LogP contribution in [-0.2, 0) is 17.8 Å². The molecule has 1 fully saturated rings. The number of benzene rings is 2. The number of hydrogen-bond acceptors (Lipinski definition) is 3. The Balaban J connectivity index is 1.28. The van der Waals surface area contributed by atoms with E-state index in [9.17, 15) is 9.59 Å². The second kappa shape index (κ2) is 9.43. The number of carbonyl (C=O) groups excluding carboxylic acids is 2. The molecule has 162 valence electrons. The summed E-state index contributed by atoms with van der Waals surface area (Å²) in [6.07, 6.45) is 2.27. The van der Waals surface area contributed by atoms with Gasteiger partial charge in [-0.15, -0.1) is 0 Å². The fourth-order valence-electron chi connectivity index (χ4n) is 3.88. The molecule has 0 radical (unpaired) electrons. The predicted molar refractivity (Wildman–Crippen MR) is 123 cm³/mol. The third kappa shape index (κ3) is 4.85.